The number of ether oxygens (including phenoxy) is 1. The molecule has 120 valence electrons. The van der Waals surface area contributed by atoms with Crippen LogP contribution >= 0.6 is 0 Å². The number of fused-ring (bicyclic) bond motifs is 1. The molecule has 0 fully saturated rings. The van der Waals surface area contributed by atoms with Crippen LogP contribution in [0.3, 0.4) is 0 Å². The van der Waals surface area contributed by atoms with Gasteiger partial charge in [-0.05, 0) is 20.2 Å². The van der Waals surface area contributed by atoms with Crippen LogP contribution in [-0.2, 0) is 6.54 Å². The fourth-order valence-corrected chi connectivity index (χ4v) is 2.56. The van der Waals surface area contributed by atoms with E-state index in [0.29, 0.717) is 11.4 Å². The van der Waals surface area contributed by atoms with Gasteiger partial charge in [0.25, 0.3) is 0 Å². The predicted octanol–water partition coefficient (Wildman–Crippen LogP) is 1.81. The van der Waals surface area contributed by atoms with Crippen molar-refractivity contribution in [2.24, 2.45) is 0 Å². The number of pyridine rings is 1. The largest absolute Gasteiger partial charge is 0.481 e. The van der Waals surface area contributed by atoms with Gasteiger partial charge in [-0.15, -0.1) is 0 Å². The number of carbonyl (C=O) groups excluding carboxylic acids is 1. The minimum Gasteiger partial charge on any atom is -0.481 e. The number of H-pyrrole nitrogens is 1. The summed E-state index contributed by atoms with van der Waals surface area (Å²) in [5.41, 5.74) is 3.17. The molecule has 0 saturated carbocycles. The Morgan fingerprint density at radius 3 is 2.91 bits per heavy atom. The Balaban J connectivity index is 2.10. The molecule has 0 unspecified atom stereocenters. The second-order valence-electron chi connectivity index (χ2n) is 5.60. The molecule has 0 atom stereocenters. The number of aromatic amines is 1. The van der Waals surface area contributed by atoms with Crippen molar-refractivity contribution in [3.05, 3.63) is 30.2 Å². The summed E-state index contributed by atoms with van der Waals surface area (Å²) in [6.07, 6.45) is 6.15. The second-order valence-corrected chi connectivity index (χ2v) is 5.60. The van der Waals surface area contributed by atoms with Gasteiger partial charge >= 0.3 is 0 Å². The van der Waals surface area contributed by atoms with E-state index in [2.05, 4.69) is 24.6 Å². The number of nitrogens with one attached hydrogen (secondary N) is 1. The molecule has 0 aliphatic rings. The molecular weight excluding hydrogens is 294 g/mol. The van der Waals surface area contributed by atoms with E-state index < -0.39 is 0 Å². The van der Waals surface area contributed by atoms with Gasteiger partial charge in [0, 0.05) is 36.4 Å². The smallest absolute Gasteiger partial charge is 0.218 e. The average molecular weight is 313 g/mol. The highest BCUT2D eigenvalue weighted by molar-refractivity contribution is 5.98. The lowest BCUT2D eigenvalue weighted by Gasteiger charge is -2.11. The Morgan fingerprint density at radius 2 is 2.22 bits per heavy atom. The average Bonchev–Trinajstić information content (AvgIpc) is 3.16. The van der Waals surface area contributed by atoms with E-state index >= 15 is 0 Å². The van der Waals surface area contributed by atoms with Gasteiger partial charge in [-0.1, -0.05) is 0 Å². The van der Waals surface area contributed by atoms with Crippen molar-refractivity contribution in [1.82, 2.24) is 24.6 Å². The molecule has 0 aliphatic carbocycles. The van der Waals surface area contributed by atoms with Gasteiger partial charge in [0.15, 0.2) is 6.29 Å². The lowest BCUT2D eigenvalue weighted by molar-refractivity contribution is 0.112. The Morgan fingerprint density at radius 1 is 1.39 bits per heavy atom. The SMILES string of the molecule is COc1[nH]ncc1-c1cc2c(cn1)c(C=O)cn2CCN(C)C. The predicted molar refractivity (Wildman–Crippen MR) is 87.8 cm³/mol. The number of hydrogen-bond acceptors (Lipinski definition) is 5. The maximum Gasteiger partial charge on any atom is 0.218 e. The first-order valence-electron chi connectivity index (χ1n) is 7.30. The third-order valence-corrected chi connectivity index (χ3v) is 3.80. The minimum atomic E-state index is 0.568. The molecule has 7 heteroatoms. The monoisotopic (exact) mass is 313 g/mol. The summed E-state index contributed by atoms with van der Waals surface area (Å²) in [5.74, 6) is 0.568. The number of hydrogen-bond donors (Lipinski definition) is 1. The summed E-state index contributed by atoms with van der Waals surface area (Å²) in [6, 6.07) is 1.96. The topological polar surface area (TPSA) is 76.0 Å². The van der Waals surface area contributed by atoms with Crippen molar-refractivity contribution >= 4 is 17.2 Å². The van der Waals surface area contributed by atoms with E-state index in [1.54, 1.807) is 19.5 Å². The summed E-state index contributed by atoms with van der Waals surface area (Å²) >= 11 is 0. The van der Waals surface area contributed by atoms with Crippen molar-refractivity contribution in [2.45, 2.75) is 6.54 Å². The molecule has 1 N–H and O–H groups in total. The van der Waals surface area contributed by atoms with E-state index in [9.17, 15) is 4.79 Å². The molecule has 3 heterocycles. The highest BCUT2D eigenvalue weighted by Crippen LogP contribution is 2.29. The lowest BCUT2D eigenvalue weighted by Crippen LogP contribution is -2.17. The van der Waals surface area contributed by atoms with E-state index in [1.165, 1.54) is 0 Å². The lowest BCUT2D eigenvalue weighted by atomic mass is 10.1. The van der Waals surface area contributed by atoms with Crippen molar-refractivity contribution in [1.29, 1.82) is 0 Å². The van der Waals surface area contributed by atoms with Crippen molar-refractivity contribution in [2.75, 3.05) is 27.7 Å². The van der Waals surface area contributed by atoms with Crippen LogP contribution in [0.2, 0.25) is 0 Å². The van der Waals surface area contributed by atoms with Crippen LogP contribution in [0.5, 0.6) is 5.88 Å². The first-order valence-corrected chi connectivity index (χ1v) is 7.30. The first-order chi connectivity index (χ1) is 11.1. The van der Waals surface area contributed by atoms with Crippen molar-refractivity contribution in [3.8, 4) is 17.1 Å². The van der Waals surface area contributed by atoms with Gasteiger partial charge in [0.05, 0.1) is 30.1 Å². The van der Waals surface area contributed by atoms with E-state index in [0.717, 1.165) is 41.5 Å². The van der Waals surface area contributed by atoms with Crippen LogP contribution in [0.4, 0.5) is 0 Å². The summed E-state index contributed by atoms with van der Waals surface area (Å²) < 4.78 is 7.34. The standard InChI is InChI=1S/C16H19N5O2/c1-20(2)4-5-21-9-11(10-22)12-7-17-14(6-15(12)21)13-8-18-19-16(13)23-3/h6-10H,4-5H2,1-3H3,(H,18,19). The zero-order valence-electron chi connectivity index (χ0n) is 13.4. The molecule has 7 nitrogen and oxygen atoms in total. The van der Waals surface area contributed by atoms with E-state index in [1.807, 2.05) is 26.4 Å². The van der Waals surface area contributed by atoms with Gasteiger partial charge in [0.2, 0.25) is 5.88 Å². The van der Waals surface area contributed by atoms with Crippen LogP contribution in [0, 0.1) is 0 Å². The zero-order chi connectivity index (χ0) is 16.4. The van der Waals surface area contributed by atoms with Crippen LogP contribution in [-0.4, -0.2) is 58.7 Å². The van der Waals surface area contributed by atoms with Gasteiger partial charge in [-0.2, -0.15) is 5.10 Å². The zero-order valence-corrected chi connectivity index (χ0v) is 13.4. The van der Waals surface area contributed by atoms with Gasteiger partial charge in [-0.3, -0.25) is 9.78 Å². The van der Waals surface area contributed by atoms with Crippen LogP contribution in [0.15, 0.2) is 24.7 Å². The first kappa shape index (κ1) is 15.2. The third kappa shape index (κ3) is 2.83. The van der Waals surface area contributed by atoms with Gasteiger partial charge in [-0.25, -0.2) is 5.10 Å². The fraction of sp³-hybridized carbons (Fsp3) is 0.312. The summed E-state index contributed by atoms with van der Waals surface area (Å²) in [4.78, 5) is 17.9. The van der Waals surface area contributed by atoms with E-state index in [-0.39, 0.29) is 0 Å². The third-order valence-electron chi connectivity index (χ3n) is 3.80. The summed E-state index contributed by atoms with van der Waals surface area (Å²) in [5, 5.41) is 7.64. The number of methoxy groups -OCH3 is 1. The van der Waals surface area contributed by atoms with Crippen LogP contribution in [0.25, 0.3) is 22.2 Å². The number of aromatic nitrogens is 4. The Hall–Kier alpha value is -2.67. The maximum atomic E-state index is 11.3. The maximum absolute atomic E-state index is 11.3. The number of aldehydes is 1. The fourth-order valence-electron chi connectivity index (χ4n) is 2.56. The van der Waals surface area contributed by atoms with Crippen molar-refractivity contribution < 1.29 is 9.53 Å². The molecule has 0 spiro atoms. The Kier molecular flexibility index (Phi) is 4.12. The number of carbonyl (C=O) groups is 1. The Labute approximate surface area is 133 Å². The molecule has 0 radical (unpaired) electrons. The second kappa shape index (κ2) is 6.21. The molecule has 0 saturated heterocycles. The Bertz CT molecular complexity index is 834. The molecule has 23 heavy (non-hydrogen) atoms. The number of nitrogens with zero attached hydrogens (tertiary/aromatic N) is 4. The molecule has 0 bridgehead atoms. The molecule has 0 aromatic carbocycles. The van der Waals surface area contributed by atoms with Crippen LogP contribution in [0.1, 0.15) is 10.4 Å². The quantitative estimate of drug-likeness (QED) is 0.702. The molecule has 3 aromatic heterocycles. The molecule has 0 amide bonds. The summed E-state index contributed by atoms with van der Waals surface area (Å²) in [7, 11) is 5.63. The molecule has 0 aliphatic heterocycles. The highest BCUT2D eigenvalue weighted by Gasteiger charge is 2.14. The number of rotatable bonds is 6. The van der Waals surface area contributed by atoms with Crippen molar-refractivity contribution in [3.63, 3.8) is 0 Å². The molecule has 3 aromatic rings. The highest BCUT2D eigenvalue weighted by atomic mass is 16.5. The minimum absolute atomic E-state index is 0.568. The number of likely N-dealkylation sites (N-methyl/N-ethyl adjacent to an activating group) is 1. The van der Waals surface area contributed by atoms with Gasteiger partial charge < -0.3 is 14.2 Å². The van der Waals surface area contributed by atoms with Gasteiger partial charge in [0.1, 0.15) is 0 Å². The summed E-state index contributed by atoms with van der Waals surface area (Å²) in [6.45, 7) is 1.68. The molecular formula is C16H19N5O2. The van der Waals surface area contributed by atoms with E-state index in [4.69, 9.17) is 4.74 Å². The van der Waals surface area contributed by atoms with Crippen LogP contribution < -0.4 is 4.74 Å². The normalized spacial score (nSPS) is 11.3. The molecule has 3 rings (SSSR count).